The van der Waals surface area contributed by atoms with Crippen LogP contribution in [0.2, 0.25) is 0 Å². The van der Waals surface area contributed by atoms with E-state index in [1.165, 1.54) is 0 Å². The van der Waals surface area contributed by atoms with Crippen LogP contribution >= 0.6 is 0 Å². The number of hydrogen-bond acceptors (Lipinski definition) is 2. The van der Waals surface area contributed by atoms with Crippen molar-refractivity contribution in [3.05, 3.63) is 0 Å². The van der Waals surface area contributed by atoms with Gasteiger partial charge in [0.05, 0.1) is 6.04 Å². The van der Waals surface area contributed by atoms with Gasteiger partial charge in [0.1, 0.15) is 6.54 Å². The van der Waals surface area contributed by atoms with Crippen LogP contribution in [0.4, 0.5) is 13.2 Å². The van der Waals surface area contributed by atoms with Gasteiger partial charge in [-0.1, -0.05) is 0 Å². The number of alkyl halides is 3. The molecule has 0 aromatic carbocycles. The minimum Gasteiger partial charge on any atom is -0.346 e. The van der Waals surface area contributed by atoms with Gasteiger partial charge < -0.3 is 10.6 Å². The van der Waals surface area contributed by atoms with Crippen molar-refractivity contribution in [3.63, 3.8) is 0 Å². The van der Waals surface area contributed by atoms with Crippen LogP contribution in [0.15, 0.2) is 0 Å². The molecular formula is C9H15F3N2O. The molecule has 0 aliphatic heterocycles. The van der Waals surface area contributed by atoms with Crippen LogP contribution in [0.25, 0.3) is 0 Å². The Hall–Kier alpha value is -0.780. The Labute approximate surface area is 86.4 Å². The first kappa shape index (κ1) is 12.3. The summed E-state index contributed by atoms with van der Waals surface area (Å²) in [5, 5.41) is 4.83. The maximum absolute atomic E-state index is 11.8. The molecule has 1 aliphatic rings. The topological polar surface area (TPSA) is 41.1 Å². The molecule has 0 heterocycles. The highest BCUT2D eigenvalue weighted by Gasteiger charge is 2.39. The van der Waals surface area contributed by atoms with E-state index in [2.05, 4.69) is 5.32 Å². The van der Waals surface area contributed by atoms with E-state index in [0.29, 0.717) is 0 Å². The Morgan fingerprint density at radius 3 is 2.40 bits per heavy atom. The summed E-state index contributed by atoms with van der Waals surface area (Å²) < 4.78 is 35.4. The molecule has 0 bridgehead atoms. The highest BCUT2D eigenvalue weighted by atomic mass is 19.4. The lowest BCUT2D eigenvalue weighted by Crippen LogP contribution is -2.48. The number of carbonyl (C=O) groups is 1. The fourth-order valence-electron chi connectivity index (χ4n) is 1.26. The van der Waals surface area contributed by atoms with E-state index >= 15 is 0 Å². The second-order valence-corrected chi connectivity index (χ2v) is 4.26. The van der Waals surface area contributed by atoms with E-state index in [0.717, 1.165) is 12.8 Å². The number of amides is 1. The summed E-state index contributed by atoms with van der Waals surface area (Å²) in [6, 6.07) is -0.583. The fraction of sp³-hybridized carbons (Fsp3) is 0.889. The average Bonchev–Trinajstić information content (AvgIpc) is 2.77. The molecule has 2 N–H and O–H groups in total. The van der Waals surface area contributed by atoms with Crippen molar-refractivity contribution in [3.8, 4) is 0 Å². The molecule has 0 radical (unpaired) electrons. The SMILES string of the molecule is CC(NC1(C)CC1)C(=O)NCC(F)(F)F. The van der Waals surface area contributed by atoms with E-state index in [4.69, 9.17) is 0 Å². The van der Waals surface area contributed by atoms with Crippen molar-refractivity contribution in [1.29, 1.82) is 0 Å². The number of halogens is 3. The minimum atomic E-state index is -4.35. The van der Waals surface area contributed by atoms with Gasteiger partial charge in [0.25, 0.3) is 0 Å². The summed E-state index contributed by atoms with van der Waals surface area (Å²) in [6.45, 7) is 2.24. The zero-order valence-electron chi connectivity index (χ0n) is 8.74. The van der Waals surface area contributed by atoms with Gasteiger partial charge in [-0.3, -0.25) is 4.79 Å². The molecule has 0 spiro atoms. The van der Waals surface area contributed by atoms with E-state index in [-0.39, 0.29) is 5.54 Å². The molecule has 1 atom stereocenters. The first-order chi connectivity index (χ1) is 6.72. The average molecular weight is 224 g/mol. The molecule has 3 nitrogen and oxygen atoms in total. The molecule has 0 aromatic rings. The Balaban J connectivity index is 2.27. The molecule has 1 unspecified atom stereocenters. The van der Waals surface area contributed by atoms with Crippen LogP contribution in [0.5, 0.6) is 0 Å². The number of rotatable bonds is 4. The molecular weight excluding hydrogens is 209 g/mol. The minimum absolute atomic E-state index is 0.0605. The van der Waals surface area contributed by atoms with Crippen molar-refractivity contribution in [2.24, 2.45) is 0 Å². The predicted octanol–water partition coefficient (Wildman–Crippen LogP) is 1.20. The molecule has 0 saturated heterocycles. The summed E-state index contributed by atoms with van der Waals surface area (Å²) >= 11 is 0. The summed E-state index contributed by atoms with van der Waals surface area (Å²) in [5.74, 6) is -0.611. The zero-order chi connectivity index (χ0) is 11.7. The first-order valence-corrected chi connectivity index (χ1v) is 4.84. The quantitative estimate of drug-likeness (QED) is 0.753. The third kappa shape index (κ3) is 4.51. The van der Waals surface area contributed by atoms with Gasteiger partial charge in [-0.2, -0.15) is 13.2 Å². The molecule has 0 aromatic heterocycles. The van der Waals surface area contributed by atoms with E-state index in [9.17, 15) is 18.0 Å². The maximum atomic E-state index is 11.8. The Bertz CT molecular complexity index is 248. The second-order valence-electron chi connectivity index (χ2n) is 4.26. The summed E-state index contributed by atoms with van der Waals surface area (Å²) in [6.07, 6.45) is -2.42. The zero-order valence-corrected chi connectivity index (χ0v) is 8.74. The molecule has 6 heteroatoms. The third-order valence-electron chi connectivity index (χ3n) is 2.42. The molecule has 1 rings (SSSR count). The fourth-order valence-corrected chi connectivity index (χ4v) is 1.26. The lowest BCUT2D eigenvalue weighted by atomic mass is 10.2. The maximum Gasteiger partial charge on any atom is 0.405 e. The van der Waals surface area contributed by atoms with Gasteiger partial charge in [-0.05, 0) is 26.7 Å². The second kappa shape index (κ2) is 4.00. The third-order valence-corrected chi connectivity index (χ3v) is 2.42. The van der Waals surface area contributed by atoms with Gasteiger partial charge in [-0.25, -0.2) is 0 Å². The summed E-state index contributed by atoms with van der Waals surface area (Å²) in [7, 11) is 0. The standard InChI is InChI=1S/C9H15F3N2O/c1-6(14-8(2)3-4-8)7(15)13-5-9(10,11)12/h6,14H,3-5H2,1-2H3,(H,13,15). The first-order valence-electron chi connectivity index (χ1n) is 4.84. The van der Waals surface area contributed by atoms with Gasteiger partial charge >= 0.3 is 6.18 Å². The van der Waals surface area contributed by atoms with Crippen LogP contribution in [-0.2, 0) is 4.79 Å². The Kier molecular flexibility index (Phi) is 3.28. The van der Waals surface area contributed by atoms with Gasteiger partial charge in [0, 0.05) is 5.54 Å². The lowest BCUT2D eigenvalue weighted by molar-refractivity contribution is -0.139. The number of carbonyl (C=O) groups excluding carboxylic acids is 1. The van der Waals surface area contributed by atoms with Crippen LogP contribution in [0.1, 0.15) is 26.7 Å². The van der Waals surface area contributed by atoms with Crippen LogP contribution in [0, 0.1) is 0 Å². The van der Waals surface area contributed by atoms with Crippen LogP contribution in [-0.4, -0.2) is 30.2 Å². The van der Waals surface area contributed by atoms with Crippen molar-refractivity contribution >= 4 is 5.91 Å². The van der Waals surface area contributed by atoms with Gasteiger partial charge in [0.2, 0.25) is 5.91 Å². The van der Waals surface area contributed by atoms with E-state index < -0.39 is 24.7 Å². The van der Waals surface area contributed by atoms with Gasteiger partial charge in [0.15, 0.2) is 0 Å². The lowest BCUT2D eigenvalue weighted by Gasteiger charge is -2.19. The summed E-state index contributed by atoms with van der Waals surface area (Å²) in [4.78, 5) is 11.2. The van der Waals surface area contributed by atoms with Gasteiger partial charge in [-0.15, -0.1) is 0 Å². The normalized spacial score (nSPS) is 20.9. The van der Waals surface area contributed by atoms with Crippen LogP contribution in [0.3, 0.4) is 0 Å². The largest absolute Gasteiger partial charge is 0.405 e. The predicted molar refractivity (Wildman–Crippen MR) is 49.3 cm³/mol. The molecule has 15 heavy (non-hydrogen) atoms. The molecule has 88 valence electrons. The van der Waals surface area contributed by atoms with Crippen molar-refractivity contribution in [2.75, 3.05) is 6.54 Å². The monoisotopic (exact) mass is 224 g/mol. The Morgan fingerprint density at radius 2 is 2.00 bits per heavy atom. The van der Waals surface area contributed by atoms with Crippen LogP contribution < -0.4 is 10.6 Å². The molecule has 1 fully saturated rings. The smallest absolute Gasteiger partial charge is 0.346 e. The molecule has 1 aliphatic carbocycles. The highest BCUT2D eigenvalue weighted by Crippen LogP contribution is 2.34. The van der Waals surface area contributed by atoms with Crippen molar-refractivity contribution < 1.29 is 18.0 Å². The molecule has 1 saturated carbocycles. The van der Waals surface area contributed by atoms with E-state index in [1.807, 2.05) is 12.2 Å². The number of hydrogen-bond donors (Lipinski definition) is 2. The van der Waals surface area contributed by atoms with E-state index in [1.54, 1.807) is 6.92 Å². The van der Waals surface area contributed by atoms with Crippen molar-refractivity contribution in [2.45, 2.75) is 44.4 Å². The van der Waals surface area contributed by atoms with Crippen molar-refractivity contribution in [1.82, 2.24) is 10.6 Å². The Morgan fingerprint density at radius 1 is 1.47 bits per heavy atom. The highest BCUT2D eigenvalue weighted by molar-refractivity contribution is 5.81. The number of nitrogens with one attached hydrogen (secondary N) is 2. The molecule has 1 amide bonds. The summed E-state index contributed by atoms with van der Waals surface area (Å²) in [5.41, 5.74) is -0.0605.